The van der Waals surface area contributed by atoms with E-state index < -0.39 is 0 Å². The standard InChI is InChI=1S/C13H13NO3S/c1-9(11-5-3-4-6-14-11)17-13(15)12-7-10(16-2)8-18-12/h3-9H,1-2H3. The molecule has 0 saturated carbocycles. The predicted molar refractivity (Wildman–Crippen MR) is 68.9 cm³/mol. The number of thiophene rings is 1. The van der Waals surface area contributed by atoms with Crippen LogP contribution in [0.25, 0.3) is 0 Å². The van der Waals surface area contributed by atoms with Gasteiger partial charge >= 0.3 is 5.97 Å². The minimum absolute atomic E-state index is 0.360. The summed E-state index contributed by atoms with van der Waals surface area (Å²) in [4.78, 5) is 16.5. The van der Waals surface area contributed by atoms with Crippen molar-refractivity contribution in [3.63, 3.8) is 0 Å². The van der Waals surface area contributed by atoms with Crippen molar-refractivity contribution in [2.75, 3.05) is 7.11 Å². The zero-order valence-electron chi connectivity index (χ0n) is 10.1. The number of nitrogens with zero attached hydrogens (tertiary/aromatic N) is 1. The van der Waals surface area contributed by atoms with E-state index in [-0.39, 0.29) is 12.1 Å². The van der Waals surface area contributed by atoms with Gasteiger partial charge in [0.2, 0.25) is 0 Å². The first-order valence-corrected chi connectivity index (χ1v) is 6.33. The molecular weight excluding hydrogens is 250 g/mol. The Morgan fingerprint density at radius 3 is 2.89 bits per heavy atom. The van der Waals surface area contributed by atoms with Crippen LogP contribution >= 0.6 is 11.3 Å². The van der Waals surface area contributed by atoms with Crippen molar-refractivity contribution in [2.45, 2.75) is 13.0 Å². The van der Waals surface area contributed by atoms with Gasteiger partial charge in [-0.15, -0.1) is 11.3 Å². The lowest BCUT2D eigenvalue weighted by Crippen LogP contribution is -2.08. The van der Waals surface area contributed by atoms with E-state index in [9.17, 15) is 4.79 Å². The Balaban J connectivity index is 2.03. The minimum Gasteiger partial charge on any atom is -0.496 e. The van der Waals surface area contributed by atoms with Gasteiger partial charge in [-0.2, -0.15) is 0 Å². The average molecular weight is 263 g/mol. The van der Waals surface area contributed by atoms with Crippen molar-refractivity contribution in [1.29, 1.82) is 0 Å². The highest BCUT2D eigenvalue weighted by Gasteiger charge is 2.16. The van der Waals surface area contributed by atoms with Crippen LogP contribution in [0, 0.1) is 0 Å². The second-order valence-corrected chi connectivity index (χ2v) is 4.56. The van der Waals surface area contributed by atoms with Gasteiger partial charge in [-0.3, -0.25) is 4.98 Å². The van der Waals surface area contributed by atoms with Gasteiger partial charge < -0.3 is 9.47 Å². The van der Waals surface area contributed by atoms with Gasteiger partial charge in [0.15, 0.2) is 0 Å². The van der Waals surface area contributed by atoms with Crippen molar-refractivity contribution >= 4 is 17.3 Å². The van der Waals surface area contributed by atoms with E-state index in [1.165, 1.54) is 11.3 Å². The highest BCUT2D eigenvalue weighted by Crippen LogP contribution is 2.24. The number of rotatable bonds is 4. The smallest absolute Gasteiger partial charge is 0.349 e. The lowest BCUT2D eigenvalue weighted by atomic mass is 10.2. The van der Waals surface area contributed by atoms with E-state index in [0.717, 1.165) is 5.69 Å². The zero-order chi connectivity index (χ0) is 13.0. The highest BCUT2D eigenvalue weighted by molar-refractivity contribution is 7.12. The summed E-state index contributed by atoms with van der Waals surface area (Å²) in [5, 5.41) is 1.77. The molecule has 2 heterocycles. The van der Waals surface area contributed by atoms with E-state index in [2.05, 4.69) is 4.98 Å². The molecule has 1 unspecified atom stereocenters. The van der Waals surface area contributed by atoms with Gasteiger partial charge in [0, 0.05) is 17.6 Å². The summed E-state index contributed by atoms with van der Waals surface area (Å²) in [5.41, 5.74) is 0.731. The second kappa shape index (κ2) is 5.64. The lowest BCUT2D eigenvalue weighted by molar-refractivity contribution is 0.0335. The molecule has 2 aromatic rings. The molecule has 0 spiro atoms. The van der Waals surface area contributed by atoms with E-state index in [1.807, 2.05) is 18.2 Å². The molecule has 0 aliphatic carbocycles. The molecule has 18 heavy (non-hydrogen) atoms. The number of carbonyl (C=O) groups excluding carboxylic acids is 1. The van der Waals surface area contributed by atoms with Crippen molar-refractivity contribution < 1.29 is 14.3 Å². The highest BCUT2D eigenvalue weighted by atomic mass is 32.1. The van der Waals surface area contributed by atoms with Crippen LogP contribution in [0.3, 0.4) is 0 Å². The molecule has 1 atom stereocenters. The molecule has 0 N–H and O–H groups in total. The van der Waals surface area contributed by atoms with Crippen LogP contribution in [0.4, 0.5) is 0 Å². The number of hydrogen-bond acceptors (Lipinski definition) is 5. The Kier molecular flexibility index (Phi) is 3.94. The average Bonchev–Trinajstić information content (AvgIpc) is 2.88. The quantitative estimate of drug-likeness (QED) is 0.795. The van der Waals surface area contributed by atoms with E-state index in [1.54, 1.807) is 31.7 Å². The number of hydrogen-bond donors (Lipinski definition) is 0. The summed E-state index contributed by atoms with van der Waals surface area (Å²) in [6.07, 6.45) is 1.31. The Morgan fingerprint density at radius 1 is 1.44 bits per heavy atom. The molecule has 0 saturated heterocycles. The van der Waals surface area contributed by atoms with Crippen LogP contribution in [0.1, 0.15) is 28.4 Å². The maximum atomic E-state index is 11.9. The molecular formula is C13H13NO3S. The summed E-state index contributed by atoms with van der Waals surface area (Å²) < 4.78 is 10.4. The molecule has 0 aromatic carbocycles. The number of esters is 1. The van der Waals surface area contributed by atoms with E-state index >= 15 is 0 Å². The molecule has 4 nitrogen and oxygen atoms in total. The summed E-state index contributed by atoms with van der Waals surface area (Å²) in [7, 11) is 1.56. The van der Waals surface area contributed by atoms with Gasteiger partial charge in [-0.1, -0.05) is 6.07 Å². The fraction of sp³-hybridized carbons (Fsp3) is 0.231. The van der Waals surface area contributed by atoms with Crippen LogP contribution < -0.4 is 4.74 Å². The van der Waals surface area contributed by atoms with Crippen molar-refractivity contribution in [3.05, 3.63) is 46.4 Å². The molecule has 0 bridgehead atoms. The van der Waals surface area contributed by atoms with Gasteiger partial charge in [0.1, 0.15) is 16.7 Å². The zero-order valence-corrected chi connectivity index (χ0v) is 10.9. The Labute approximate surface area is 109 Å². The first-order valence-electron chi connectivity index (χ1n) is 5.45. The van der Waals surface area contributed by atoms with Crippen LogP contribution in [0.15, 0.2) is 35.8 Å². The first-order chi connectivity index (χ1) is 8.70. The van der Waals surface area contributed by atoms with Crippen LogP contribution in [-0.2, 0) is 4.74 Å². The molecule has 0 radical (unpaired) electrons. The molecule has 5 heteroatoms. The molecule has 0 aliphatic heterocycles. The fourth-order valence-electron chi connectivity index (χ4n) is 1.43. The third kappa shape index (κ3) is 2.87. The van der Waals surface area contributed by atoms with Crippen molar-refractivity contribution in [2.24, 2.45) is 0 Å². The minimum atomic E-state index is -0.369. The molecule has 2 aromatic heterocycles. The van der Waals surface area contributed by atoms with Gasteiger partial charge in [0.05, 0.1) is 12.8 Å². The van der Waals surface area contributed by atoms with Crippen molar-refractivity contribution in [3.8, 4) is 5.75 Å². The normalized spacial score (nSPS) is 11.9. The molecule has 94 valence electrons. The summed E-state index contributed by atoms with van der Waals surface area (Å²) in [5.74, 6) is 0.305. The summed E-state index contributed by atoms with van der Waals surface area (Å²) >= 11 is 1.30. The summed E-state index contributed by atoms with van der Waals surface area (Å²) in [6, 6.07) is 7.17. The van der Waals surface area contributed by atoms with Crippen molar-refractivity contribution in [1.82, 2.24) is 4.98 Å². The summed E-state index contributed by atoms with van der Waals surface area (Å²) in [6.45, 7) is 1.80. The first kappa shape index (κ1) is 12.6. The maximum absolute atomic E-state index is 11.9. The Hall–Kier alpha value is -1.88. The third-order valence-corrected chi connectivity index (χ3v) is 3.29. The number of carbonyl (C=O) groups is 1. The number of methoxy groups -OCH3 is 1. The van der Waals surface area contributed by atoms with Crippen LogP contribution in [0.5, 0.6) is 5.75 Å². The van der Waals surface area contributed by atoms with E-state index in [0.29, 0.717) is 10.6 Å². The SMILES string of the molecule is COc1csc(C(=O)OC(C)c2ccccn2)c1. The lowest BCUT2D eigenvalue weighted by Gasteiger charge is -2.11. The van der Waals surface area contributed by atoms with Crippen LogP contribution in [-0.4, -0.2) is 18.1 Å². The predicted octanol–water partition coefficient (Wildman–Crippen LogP) is 3.07. The molecule has 0 fully saturated rings. The third-order valence-electron chi connectivity index (χ3n) is 2.40. The Morgan fingerprint density at radius 2 is 2.28 bits per heavy atom. The molecule has 2 rings (SSSR count). The van der Waals surface area contributed by atoms with Crippen LogP contribution in [0.2, 0.25) is 0 Å². The van der Waals surface area contributed by atoms with E-state index in [4.69, 9.17) is 9.47 Å². The largest absolute Gasteiger partial charge is 0.496 e. The molecule has 0 amide bonds. The molecule has 0 aliphatic rings. The number of pyridine rings is 1. The number of ether oxygens (including phenoxy) is 2. The Bertz CT molecular complexity index is 524. The fourth-order valence-corrected chi connectivity index (χ4v) is 2.16. The second-order valence-electron chi connectivity index (χ2n) is 3.65. The number of aromatic nitrogens is 1. The monoisotopic (exact) mass is 263 g/mol. The maximum Gasteiger partial charge on any atom is 0.349 e. The van der Waals surface area contributed by atoms with Gasteiger partial charge in [-0.05, 0) is 19.1 Å². The topological polar surface area (TPSA) is 48.4 Å². The van der Waals surface area contributed by atoms with Gasteiger partial charge in [0.25, 0.3) is 0 Å². The van der Waals surface area contributed by atoms with Gasteiger partial charge in [-0.25, -0.2) is 4.79 Å².